The number of amides is 1. The van der Waals surface area contributed by atoms with Crippen LogP contribution in [0.5, 0.6) is 11.5 Å². The molecule has 2 N–H and O–H groups in total. The van der Waals surface area contributed by atoms with Gasteiger partial charge in [0.05, 0.1) is 7.11 Å². The molecule has 0 heterocycles. The Morgan fingerprint density at radius 2 is 2.00 bits per heavy atom. The van der Waals surface area contributed by atoms with Gasteiger partial charge in [-0.1, -0.05) is 0 Å². The summed E-state index contributed by atoms with van der Waals surface area (Å²) in [6, 6.07) is 4.56. The molecule has 1 aromatic rings. The van der Waals surface area contributed by atoms with Gasteiger partial charge in [0.15, 0.2) is 11.5 Å². The van der Waals surface area contributed by atoms with E-state index < -0.39 is 0 Å². The zero-order chi connectivity index (χ0) is 12.3. The number of methoxy groups -OCH3 is 1. The van der Waals surface area contributed by atoms with Crippen LogP contribution in [0, 0.1) is 0 Å². The number of phenols is 1. The summed E-state index contributed by atoms with van der Waals surface area (Å²) < 4.78 is 4.90. The molecule has 0 unspecified atom stereocenters. The number of nitrogens with one attached hydrogen (secondary N) is 1. The number of rotatable bonds is 2. The van der Waals surface area contributed by atoms with Crippen LogP contribution in [0.1, 0.15) is 31.1 Å². The first-order chi connectivity index (χ1) is 7.33. The molecule has 88 valence electrons. The number of carbonyl (C=O) groups excluding carboxylic acids is 1. The molecule has 1 rings (SSSR count). The van der Waals surface area contributed by atoms with E-state index in [9.17, 15) is 9.90 Å². The summed E-state index contributed by atoms with van der Waals surface area (Å²) in [6.45, 7) is 5.69. The fourth-order valence-electron chi connectivity index (χ4n) is 1.24. The summed E-state index contributed by atoms with van der Waals surface area (Å²) in [4.78, 5) is 11.7. The number of aromatic hydroxyl groups is 1. The average Bonchev–Trinajstić information content (AvgIpc) is 2.15. The van der Waals surface area contributed by atoms with E-state index >= 15 is 0 Å². The van der Waals surface area contributed by atoms with Crippen LogP contribution in [-0.4, -0.2) is 23.7 Å². The van der Waals surface area contributed by atoms with Crippen molar-refractivity contribution in [3.8, 4) is 11.5 Å². The zero-order valence-electron chi connectivity index (χ0n) is 10.00. The van der Waals surface area contributed by atoms with E-state index in [4.69, 9.17) is 4.74 Å². The van der Waals surface area contributed by atoms with E-state index in [-0.39, 0.29) is 17.2 Å². The third kappa shape index (κ3) is 3.15. The SMILES string of the molecule is COc1ccc(C(=O)NC(C)(C)C)cc1O. The Labute approximate surface area is 95.2 Å². The van der Waals surface area contributed by atoms with Gasteiger partial charge in [-0.15, -0.1) is 0 Å². The first kappa shape index (κ1) is 12.4. The maximum atomic E-state index is 11.7. The van der Waals surface area contributed by atoms with Gasteiger partial charge in [0.1, 0.15) is 0 Å². The first-order valence-electron chi connectivity index (χ1n) is 5.03. The molecule has 0 aliphatic rings. The molecule has 0 spiro atoms. The number of carbonyl (C=O) groups is 1. The molecule has 0 bridgehead atoms. The Bertz CT molecular complexity index is 394. The standard InChI is InChI=1S/C12H17NO3/c1-12(2,3)13-11(15)8-5-6-10(16-4)9(14)7-8/h5-7,14H,1-4H3,(H,13,15). The highest BCUT2D eigenvalue weighted by Gasteiger charge is 2.16. The van der Waals surface area contributed by atoms with Crippen LogP contribution in [0.15, 0.2) is 18.2 Å². The minimum atomic E-state index is -0.299. The molecule has 1 amide bonds. The van der Waals surface area contributed by atoms with E-state index in [1.54, 1.807) is 12.1 Å². The molecule has 0 aliphatic carbocycles. The Morgan fingerprint density at radius 1 is 1.38 bits per heavy atom. The van der Waals surface area contributed by atoms with Crippen molar-refractivity contribution >= 4 is 5.91 Å². The second kappa shape index (κ2) is 4.43. The van der Waals surface area contributed by atoms with E-state index in [0.29, 0.717) is 11.3 Å². The van der Waals surface area contributed by atoms with Crippen LogP contribution in [0.25, 0.3) is 0 Å². The molecule has 0 aliphatic heterocycles. The van der Waals surface area contributed by atoms with E-state index in [2.05, 4.69) is 5.32 Å². The highest BCUT2D eigenvalue weighted by Crippen LogP contribution is 2.26. The van der Waals surface area contributed by atoms with Crippen molar-refractivity contribution in [3.05, 3.63) is 23.8 Å². The van der Waals surface area contributed by atoms with Gasteiger partial charge in [-0.3, -0.25) is 4.79 Å². The number of benzene rings is 1. The third-order valence-corrected chi connectivity index (χ3v) is 1.93. The normalized spacial score (nSPS) is 11.0. The smallest absolute Gasteiger partial charge is 0.251 e. The van der Waals surface area contributed by atoms with Gasteiger partial charge in [-0.05, 0) is 39.0 Å². The summed E-state index contributed by atoms with van der Waals surface area (Å²) in [5.74, 6) is 0.0989. The van der Waals surface area contributed by atoms with Crippen molar-refractivity contribution < 1.29 is 14.6 Å². The highest BCUT2D eigenvalue weighted by atomic mass is 16.5. The van der Waals surface area contributed by atoms with Crippen molar-refractivity contribution in [2.45, 2.75) is 26.3 Å². The molecule has 4 heteroatoms. The van der Waals surface area contributed by atoms with E-state index in [1.165, 1.54) is 13.2 Å². The van der Waals surface area contributed by atoms with Crippen LogP contribution in [-0.2, 0) is 0 Å². The fourth-order valence-corrected chi connectivity index (χ4v) is 1.24. The molecule has 1 aromatic carbocycles. The summed E-state index contributed by atoms with van der Waals surface area (Å²) in [5, 5.41) is 12.3. The minimum Gasteiger partial charge on any atom is -0.504 e. The molecule has 0 saturated heterocycles. The van der Waals surface area contributed by atoms with Crippen molar-refractivity contribution in [2.24, 2.45) is 0 Å². The second-order valence-electron chi connectivity index (χ2n) is 4.59. The summed E-state index contributed by atoms with van der Waals surface area (Å²) in [5.41, 5.74) is 0.111. The minimum absolute atomic E-state index is 0.0379. The predicted molar refractivity (Wildman–Crippen MR) is 61.9 cm³/mol. The van der Waals surface area contributed by atoms with Crippen LogP contribution in [0.2, 0.25) is 0 Å². The summed E-state index contributed by atoms with van der Waals surface area (Å²) in [6.07, 6.45) is 0. The quantitative estimate of drug-likeness (QED) is 0.805. The summed E-state index contributed by atoms with van der Waals surface area (Å²) in [7, 11) is 1.46. The Morgan fingerprint density at radius 3 is 2.44 bits per heavy atom. The van der Waals surface area contributed by atoms with Gasteiger partial charge in [-0.25, -0.2) is 0 Å². The topological polar surface area (TPSA) is 58.6 Å². The zero-order valence-corrected chi connectivity index (χ0v) is 10.00. The molecule has 0 aromatic heterocycles. The van der Waals surface area contributed by atoms with Crippen molar-refractivity contribution in [1.29, 1.82) is 0 Å². The van der Waals surface area contributed by atoms with Gasteiger partial charge < -0.3 is 15.2 Å². The number of phenolic OH excluding ortho intramolecular Hbond substituents is 1. The highest BCUT2D eigenvalue weighted by molar-refractivity contribution is 5.95. The largest absolute Gasteiger partial charge is 0.504 e. The number of hydrogen-bond acceptors (Lipinski definition) is 3. The van der Waals surface area contributed by atoms with Crippen molar-refractivity contribution in [3.63, 3.8) is 0 Å². The summed E-state index contributed by atoms with van der Waals surface area (Å²) >= 11 is 0. The lowest BCUT2D eigenvalue weighted by Crippen LogP contribution is -2.40. The van der Waals surface area contributed by atoms with Gasteiger partial charge in [-0.2, -0.15) is 0 Å². The van der Waals surface area contributed by atoms with Gasteiger partial charge >= 0.3 is 0 Å². The predicted octanol–water partition coefficient (Wildman–Crippen LogP) is 1.93. The van der Waals surface area contributed by atoms with Gasteiger partial charge in [0.25, 0.3) is 5.91 Å². The lowest BCUT2D eigenvalue weighted by molar-refractivity contribution is 0.0919. The number of ether oxygens (including phenoxy) is 1. The van der Waals surface area contributed by atoms with Crippen molar-refractivity contribution in [2.75, 3.05) is 7.11 Å². The molecule has 16 heavy (non-hydrogen) atoms. The Hall–Kier alpha value is -1.71. The van der Waals surface area contributed by atoms with Crippen molar-refractivity contribution in [1.82, 2.24) is 5.32 Å². The van der Waals surface area contributed by atoms with Crippen LogP contribution in [0.3, 0.4) is 0 Å². The third-order valence-electron chi connectivity index (χ3n) is 1.93. The lowest BCUT2D eigenvalue weighted by atomic mass is 10.1. The monoisotopic (exact) mass is 223 g/mol. The second-order valence-corrected chi connectivity index (χ2v) is 4.59. The van der Waals surface area contributed by atoms with Crippen LogP contribution >= 0.6 is 0 Å². The van der Waals surface area contributed by atoms with Crippen LogP contribution < -0.4 is 10.1 Å². The molecule has 0 saturated carbocycles. The Balaban J connectivity index is 2.89. The number of hydrogen-bond donors (Lipinski definition) is 2. The maximum Gasteiger partial charge on any atom is 0.251 e. The molecule has 0 atom stereocenters. The molecular weight excluding hydrogens is 206 g/mol. The molecular formula is C12H17NO3. The fraction of sp³-hybridized carbons (Fsp3) is 0.417. The Kier molecular flexibility index (Phi) is 3.42. The van der Waals surface area contributed by atoms with Crippen LogP contribution in [0.4, 0.5) is 0 Å². The molecule has 4 nitrogen and oxygen atoms in total. The molecule has 0 fully saturated rings. The van der Waals surface area contributed by atoms with E-state index in [0.717, 1.165) is 0 Å². The van der Waals surface area contributed by atoms with E-state index in [1.807, 2.05) is 20.8 Å². The van der Waals surface area contributed by atoms with Gasteiger partial charge in [0.2, 0.25) is 0 Å². The maximum absolute atomic E-state index is 11.7. The lowest BCUT2D eigenvalue weighted by Gasteiger charge is -2.20. The first-order valence-corrected chi connectivity index (χ1v) is 5.03. The molecule has 0 radical (unpaired) electrons. The average molecular weight is 223 g/mol. The van der Waals surface area contributed by atoms with Gasteiger partial charge in [0, 0.05) is 11.1 Å².